The van der Waals surface area contributed by atoms with Gasteiger partial charge in [-0.1, -0.05) is 23.2 Å². The highest BCUT2D eigenvalue weighted by Crippen LogP contribution is 2.39. The van der Waals surface area contributed by atoms with Crippen LogP contribution in [0.25, 0.3) is 0 Å². The molecular formula is C14H17Cl2NO2. The van der Waals surface area contributed by atoms with E-state index in [0.717, 1.165) is 43.7 Å². The summed E-state index contributed by atoms with van der Waals surface area (Å²) in [5.41, 5.74) is 1.06. The lowest BCUT2D eigenvalue weighted by Crippen LogP contribution is -2.33. The van der Waals surface area contributed by atoms with Gasteiger partial charge in [0.05, 0.1) is 17.7 Å². The molecule has 0 aromatic heterocycles. The minimum Gasteiger partial charge on any atom is -0.492 e. The van der Waals surface area contributed by atoms with E-state index in [1.165, 1.54) is 0 Å². The van der Waals surface area contributed by atoms with Crippen molar-refractivity contribution in [2.45, 2.75) is 31.4 Å². The highest BCUT2D eigenvalue weighted by Gasteiger charge is 2.25. The van der Waals surface area contributed by atoms with Gasteiger partial charge in [0.15, 0.2) is 0 Å². The zero-order valence-electron chi connectivity index (χ0n) is 10.6. The smallest absolute Gasteiger partial charge is 0.142 e. The molecule has 0 saturated carbocycles. The Morgan fingerprint density at radius 3 is 2.89 bits per heavy atom. The number of fused-ring (bicyclic) bond motifs is 1. The predicted octanol–water partition coefficient (Wildman–Crippen LogP) is 3.59. The average molecular weight is 302 g/mol. The molecule has 2 unspecified atom stereocenters. The zero-order chi connectivity index (χ0) is 13.2. The lowest BCUT2D eigenvalue weighted by Gasteiger charge is -2.28. The Morgan fingerprint density at radius 1 is 1.21 bits per heavy atom. The molecule has 0 aliphatic carbocycles. The van der Waals surface area contributed by atoms with Crippen LogP contribution in [0.15, 0.2) is 12.1 Å². The van der Waals surface area contributed by atoms with Crippen molar-refractivity contribution < 1.29 is 9.47 Å². The van der Waals surface area contributed by atoms with Gasteiger partial charge in [-0.05, 0) is 25.0 Å². The standard InChI is InChI=1S/C14H17Cl2NO2/c15-9-6-11-13(17-8-10-2-1-4-18-10)3-5-19-14(11)12(16)7-9/h6-7,10,13,17H,1-5,8H2. The molecular weight excluding hydrogens is 285 g/mol. The normalized spacial score (nSPS) is 26.0. The summed E-state index contributed by atoms with van der Waals surface area (Å²) in [5.74, 6) is 0.766. The first kappa shape index (κ1) is 13.5. The molecule has 3 rings (SSSR count). The lowest BCUT2D eigenvalue weighted by atomic mass is 10.00. The Balaban J connectivity index is 1.74. The number of ether oxygens (including phenoxy) is 2. The van der Waals surface area contributed by atoms with Crippen molar-refractivity contribution in [1.29, 1.82) is 0 Å². The van der Waals surface area contributed by atoms with Gasteiger partial charge in [-0.3, -0.25) is 0 Å². The summed E-state index contributed by atoms with van der Waals surface area (Å²) in [6, 6.07) is 3.91. The summed E-state index contributed by atoms with van der Waals surface area (Å²) in [6.45, 7) is 2.43. The zero-order valence-corrected chi connectivity index (χ0v) is 12.1. The molecule has 0 spiro atoms. The van der Waals surface area contributed by atoms with Gasteiger partial charge in [0.2, 0.25) is 0 Å². The third-order valence-electron chi connectivity index (χ3n) is 3.68. The summed E-state index contributed by atoms with van der Waals surface area (Å²) in [5, 5.41) is 4.79. The fourth-order valence-corrected chi connectivity index (χ4v) is 3.28. The Labute approximate surface area is 123 Å². The largest absolute Gasteiger partial charge is 0.492 e. The summed E-state index contributed by atoms with van der Waals surface area (Å²) < 4.78 is 11.3. The molecule has 0 radical (unpaired) electrons. The van der Waals surface area contributed by atoms with Gasteiger partial charge in [0.25, 0.3) is 0 Å². The second kappa shape index (κ2) is 5.88. The van der Waals surface area contributed by atoms with E-state index < -0.39 is 0 Å². The molecule has 104 valence electrons. The van der Waals surface area contributed by atoms with Crippen molar-refractivity contribution in [2.24, 2.45) is 0 Å². The van der Waals surface area contributed by atoms with Crippen LogP contribution < -0.4 is 10.1 Å². The van der Waals surface area contributed by atoms with Gasteiger partial charge in [0, 0.05) is 36.2 Å². The van der Waals surface area contributed by atoms with E-state index in [-0.39, 0.29) is 6.04 Å². The Kier molecular flexibility index (Phi) is 4.18. The molecule has 2 aliphatic heterocycles. The van der Waals surface area contributed by atoms with Crippen molar-refractivity contribution in [3.05, 3.63) is 27.7 Å². The van der Waals surface area contributed by atoms with Gasteiger partial charge >= 0.3 is 0 Å². The monoisotopic (exact) mass is 301 g/mol. The van der Waals surface area contributed by atoms with Crippen molar-refractivity contribution >= 4 is 23.2 Å². The number of nitrogens with one attached hydrogen (secondary N) is 1. The van der Waals surface area contributed by atoms with Crippen molar-refractivity contribution in [3.63, 3.8) is 0 Å². The van der Waals surface area contributed by atoms with E-state index in [9.17, 15) is 0 Å². The first-order valence-corrected chi connectivity index (χ1v) is 7.46. The van der Waals surface area contributed by atoms with Crippen molar-refractivity contribution in [2.75, 3.05) is 19.8 Å². The minimum atomic E-state index is 0.240. The highest BCUT2D eigenvalue weighted by atomic mass is 35.5. The first-order valence-electron chi connectivity index (χ1n) is 6.71. The number of halogens is 2. The van der Waals surface area contributed by atoms with E-state index in [2.05, 4.69) is 5.32 Å². The quantitative estimate of drug-likeness (QED) is 0.925. The first-order chi connectivity index (χ1) is 9.24. The molecule has 3 nitrogen and oxygen atoms in total. The maximum atomic E-state index is 6.18. The summed E-state index contributed by atoms with van der Waals surface area (Å²) in [7, 11) is 0. The van der Waals surface area contributed by atoms with E-state index in [4.69, 9.17) is 32.7 Å². The molecule has 1 aromatic carbocycles. The fourth-order valence-electron chi connectivity index (χ4n) is 2.72. The van der Waals surface area contributed by atoms with Gasteiger partial charge in [-0.2, -0.15) is 0 Å². The molecule has 1 aromatic rings. The van der Waals surface area contributed by atoms with E-state index >= 15 is 0 Å². The van der Waals surface area contributed by atoms with Crippen LogP contribution in [-0.4, -0.2) is 25.9 Å². The van der Waals surface area contributed by atoms with Crippen LogP contribution in [0.1, 0.15) is 30.9 Å². The third kappa shape index (κ3) is 3.00. The second-order valence-electron chi connectivity index (χ2n) is 5.04. The van der Waals surface area contributed by atoms with Crippen LogP contribution >= 0.6 is 23.2 Å². The maximum absolute atomic E-state index is 6.18. The predicted molar refractivity (Wildman–Crippen MR) is 76.3 cm³/mol. The fraction of sp³-hybridized carbons (Fsp3) is 0.571. The summed E-state index contributed by atoms with van der Waals surface area (Å²) in [4.78, 5) is 0. The van der Waals surface area contributed by atoms with Crippen LogP contribution in [-0.2, 0) is 4.74 Å². The van der Waals surface area contributed by atoms with Crippen LogP contribution in [0, 0.1) is 0 Å². The molecule has 19 heavy (non-hydrogen) atoms. The Morgan fingerprint density at radius 2 is 2.11 bits per heavy atom. The van der Waals surface area contributed by atoms with Crippen molar-refractivity contribution in [3.8, 4) is 5.75 Å². The van der Waals surface area contributed by atoms with E-state index in [1.807, 2.05) is 6.07 Å². The molecule has 0 bridgehead atoms. The van der Waals surface area contributed by atoms with Gasteiger partial charge in [0.1, 0.15) is 5.75 Å². The van der Waals surface area contributed by atoms with Crippen LogP contribution in [0.3, 0.4) is 0 Å². The third-order valence-corrected chi connectivity index (χ3v) is 4.18. The molecule has 2 heterocycles. The van der Waals surface area contributed by atoms with E-state index in [0.29, 0.717) is 22.8 Å². The van der Waals surface area contributed by atoms with Gasteiger partial charge in [-0.15, -0.1) is 0 Å². The van der Waals surface area contributed by atoms with Crippen LogP contribution in [0.5, 0.6) is 5.75 Å². The molecule has 2 aliphatic rings. The molecule has 1 saturated heterocycles. The summed E-state index contributed by atoms with van der Waals surface area (Å²) in [6.07, 6.45) is 3.56. The molecule has 5 heteroatoms. The van der Waals surface area contributed by atoms with Gasteiger partial charge < -0.3 is 14.8 Å². The van der Waals surface area contributed by atoms with Crippen molar-refractivity contribution in [1.82, 2.24) is 5.32 Å². The number of hydrogen-bond donors (Lipinski definition) is 1. The minimum absolute atomic E-state index is 0.240. The van der Waals surface area contributed by atoms with Gasteiger partial charge in [-0.25, -0.2) is 0 Å². The molecule has 1 N–H and O–H groups in total. The number of benzene rings is 1. The molecule has 2 atom stereocenters. The second-order valence-corrected chi connectivity index (χ2v) is 5.88. The SMILES string of the molecule is Clc1cc(Cl)c2c(c1)C(NCC1CCCO1)CCO2. The Bertz CT molecular complexity index is 461. The average Bonchev–Trinajstić information content (AvgIpc) is 2.89. The molecule has 0 amide bonds. The van der Waals surface area contributed by atoms with Crippen LogP contribution in [0.4, 0.5) is 0 Å². The summed E-state index contributed by atoms with van der Waals surface area (Å²) >= 11 is 12.3. The topological polar surface area (TPSA) is 30.5 Å². The number of hydrogen-bond acceptors (Lipinski definition) is 3. The highest BCUT2D eigenvalue weighted by molar-refractivity contribution is 6.35. The maximum Gasteiger partial charge on any atom is 0.142 e. The molecule has 1 fully saturated rings. The van der Waals surface area contributed by atoms with E-state index in [1.54, 1.807) is 6.07 Å². The lowest BCUT2D eigenvalue weighted by molar-refractivity contribution is 0.105. The Hall–Kier alpha value is -0.480. The number of rotatable bonds is 3. The van der Waals surface area contributed by atoms with Crippen LogP contribution in [0.2, 0.25) is 10.0 Å².